The molecule has 2 nitrogen and oxygen atoms in total. The van der Waals surface area contributed by atoms with Crippen LogP contribution in [-0.4, -0.2) is 27.0 Å². The van der Waals surface area contributed by atoms with Crippen molar-refractivity contribution in [2.24, 2.45) is 0 Å². The second-order valence-corrected chi connectivity index (χ2v) is 19.2. The van der Waals surface area contributed by atoms with E-state index in [2.05, 4.69) is 63.5 Å². The van der Waals surface area contributed by atoms with Gasteiger partial charge in [-0.1, -0.05) is 86.9 Å². The molecule has 0 aromatic heterocycles. The van der Waals surface area contributed by atoms with Crippen LogP contribution in [0.5, 0.6) is 0 Å². The highest BCUT2D eigenvalue weighted by Gasteiger charge is 2.37. The molecular formula is C21H29NOSi2. The summed E-state index contributed by atoms with van der Waals surface area (Å²) < 4.78 is 0. The van der Waals surface area contributed by atoms with Crippen LogP contribution < -0.4 is 10.4 Å². The summed E-state index contributed by atoms with van der Waals surface area (Å²) in [6.07, 6.45) is 0. The molecule has 1 aliphatic heterocycles. The summed E-state index contributed by atoms with van der Waals surface area (Å²) in [5, 5.41) is 2.78. The summed E-state index contributed by atoms with van der Waals surface area (Å²) in [5.41, 5.74) is 3.56. The predicted molar refractivity (Wildman–Crippen MR) is 112 cm³/mol. The van der Waals surface area contributed by atoms with E-state index >= 15 is 0 Å². The van der Waals surface area contributed by atoms with Crippen molar-refractivity contribution < 1.29 is 4.79 Å². The van der Waals surface area contributed by atoms with Crippen LogP contribution in [0, 0.1) is 0 Å². The third-order valence-electron chi connectivity index (χ3n) is 5.00. The SMILES string of the molecule is C[Si](C)(C)c1ccc([Si](C)(C)C)c2c1CN(Cc1ccccc1)C2=O. The van der Waals surface area contributed by atoms with Gasteiger partial charge in [0.1, 0.15) is 0 Å². The molecule has 2 aromatic rings. The maximum absolute atomic E-state index is 13.3. The lowest BCUT2D eigenvalue weighted by atomic mass is 10.1. The van der Waals surface area contributed by atoms with Crippen molar-refractivity contribution in [2.75, 3.05) is 0 Å². The van der Waals surface area contributed by atoms with Gasteiger partial charge in [-0.3, -0.25) is 4.79 Å². The Morgan fingerprint density at radius 2 is 1.40 bits per heavy atom. The molecule has 0 atom stereocenters. The minimum atomic E-state index is -1.57. The molecule has 1 aliphatic rings. The monoisotopic (exact) mass is 367 g/mol. The van der Waals surface area contributed by atoms with E-state index in [9.17, 15) is 4.79 Å². The number of benzene rings is 2. The Kier molecular flexibility index (Phi) is 4.54. The second-order valence-electron chi connectivity index (χ2n) is 9.16. The Balaban J connectivity index is 2.08. The van der Waals surface area contributed by atoms with E-state index in [4.69, 9.17) is 0 Å². The predicted octanol–water partition coefficient (Wildman–Crippen LogP) is 3.93. The van der Waals surface area contributed by atoms with E-state index in [1.54, 1.807) is 0 Å². The molecule has 3 rings (SSSR count). The van der Waals surface area contributed by atoms with Crippen LogP contribution in [0.2, 0.25) is 39.3 Å². The maximum Gasteiger partial charge on any atom is 0.254 e. The molecule has 0 saturated heterocycles. The summed E-state index contributed by atoms with van der Waals surface area (Å²) in [7, 11) is -3.05. The molecule has 0 aliphatic carbocycles. The van der Waals surface area contributed by atoms with E-state index in [-0.39, 0.29) is 5.91 Å². The first-order valence-corrected chi connectivity index (χ1v) is 16.1. The zero-order valence-corrected chi connectivity index (χ0v) is 18.3. The summed E-state index contributed by atoms with van der Waals surface area (Å²) >= 11 is 0. The van der Waals surface area contributed by atoms with Crippen LogP contribution in [0.3, 0.4) is 0 Å². The molecule has 0 saturated carbocycles. The minimum Gasteiger partial charge on any atom is -0.330 e. The Morgan fingerprint density at radius 3 is 1.96 bits per heavy atom. The van der Waals surface area contributed by atoms with Crippen molar-refractivity contribution in [3.05, 3.63) is 59.2 Å². The van der Waals surface area contributed by atoms with Gasteiger partial charge in [-0.25, -0.2) is 0 Å². The first-order chi connectivity index (χ1) is 11.6. The third-order valence-corrected chi connectivity index (χ3v) is 9.11. The lowest BCUT2D eigenvalue weighted by Crippen LogP contribution is -2.46. The molecule has 25 heavy (non-hydrogen) atoms. The quantitative estimate of drug-likeness (QED) is 0.750. The van der Waals surface area contributed by atoms with E-state index in [1.165, 1.54) is 21.5 Å². The number of rotatable bonds is 4. The summed E-state index contributed by atoms with van der Waals surface area (Å²) in [6, 6.07) is 14.9. The molecule has 1 amide bonds. The highest BCUT2D eigenvalue weighted by Crippen LogP contribution is 2.26. The van der Waals surface area contributed by atoms with Crippen molar-refractivity contribution >= 4 is 32.4 Å². The van der Waals surface area contributed by atoms with Gasteiger partial charge in [-0.2, -0.15) is 0 Å². The number of hydrogen-bond acceptors (Lipinski definition) is 1. The number of fused-ring (bicyclic) bond motifs is 1. The van der Waals surface area contributed by atoms with Crippen LogP contribution in [-0.2, 0) is 13.1 Å². The standard InChI is InChI=1S/C21H29NOSi2/c1-24(2,3)18-12-13-19(25(4,5)6)20-17(18)15-22(21(20)23)14-16-10-8-7-9-11-16/h7-13H,14-15H2,1-6H3. The fourth-order valence-electron chi connectivity index (χ4n) is 3.74. The van der Waals surface area contributed by atoms with Crippen LogP contribution in [0.4, 0.5) is 0 Å². The van der Waals surface area contributed by atoms with E-state index in [0.29, 0.717) is 6.54 Å². The van der Waals surface area contributed by atoms with Crippen LogP contribution in [0.25, 0.3) is 0 Å². The summed E-state index contributed by atoms with van der Waals surface area (Å²) in [5.74, 6) is 0.233. The number of nitrogens with zero attached hydrogens (tertiary/aromatic N) is 1. The zero-order chi connectivity index (χ0) is 18.4. The lowest BCUT2D eigenvalue weighted by molar-refractivity contribution is 0.0767. The van der Waals surface area contributed by atoms with Gasteiger partial charge in [-0.05, 0) is 16.3 Å². The molecule has 132 valence electrons. The Hall–Kier alpha value is -1.66. The minimum absolute atomic E-state index is 0.233. The molecule has 4 heteroatoms. The molecule has 0 fully saturated rings. The van der Waals surface area contributed by atoms with Gasteiger partial charge in [0.05, 0.1) is 16.1 Å². The molecule has 0 spiro atoms. The number of hydrogen-bond donors (Lipinski definition) is 0. The Labute approximate surface area is 153 Å². The van der Waals surface area contributed by atoms with Crippen LogP contribution >= 0.6 is 0 Å². The topological polar surface area (TPSA) is 20.3 Å². The van der Waals surface area contributed by atoms with E-state index < -0.39 is 16.1 Å². The molecule has 0 N–H and O–H groups in total. The Bertz CT molecular complexity index is 801. The molecular weight excluding hydrogens is 338 g/mol. The molecule has 0 bridgehead atoms. The lowest BCUT2D eigenvalue weighted by Gasteiger charge is -2.25. The first-order valence-electron chi connectivity index (χ1n) is 9.09. The molecule has 2 aromatic carbocycles. The van der Waals surface area contributed by atoms with E-state index in [0.717, 1.165) is 12.1 Å². The van der Waals surface area contributed by atoms with E-state index in [1.807, 2.05) is 23.1 Å². The van der Waals surface area contributed by atoms with Crippen molar-refractivity contribution in [1.29, 1.82) is 0 Å². The smallest absolute Gasteiger partial charge is 0.254 e. The first kappa shape index (κ1) is 18.1. The van der Waals surface area contributed by atoms with Gasteiger partial charge < -0.3 is 4.90 Å². The van der Waals surface area contributed by atoms with Crippen molar-refractivity contribution in [2.45, 2.75) is 52.4 Å². The van der Waals surface area contributed by atoms with Gasteiger partial charge >= 0.3 is 0 Å². The normalized spacial score (nSPS) is 14.8. The van der Waals surface area contributed by atoms with Crippen LogP contribution in [0.1, 0.15) is 21.5 Å². The number of amides is 1. The maximum atomic E-state index is 13.3. The Morgan fingerprint density at radius 1 is 0.840 bits per heavy atom. The average Bonchev–Trinajstić information content (AvgIpc) is 2.82. The molecule has 0 unspecified atom stereocenters. The van der Waals surface area contributed by atoms with Crippen molar-refractivity contribution in [1.82, 2.24) is 4.90 Å². The van der Waals surface area contributed by atoms with Gasteiger partial charge in [0.15, 0.2) is 0 Å². The highest BCUT2D eigenvalue weighted by atomic mass is 28.3. The largest absolute Gasteiger partial charge is 0.330 e. The number of carbonyl (C=O) groups is 1. The van der Waals surface area contributed by atoms with Crippen molar-refractivity contribution in [3.8, 4) is 0 Å². The second kappa shape index (κ2) is 6.25. The van der Waals surface area contributed by atoms with Gasteiger partial charge in [-0.15, -0.1) is 0 Å². The molecule has 1 heterocycles. The fraction of sp³-hybridized carbons (Fsp3) is 0.381. The highest BCUT2D eigenvalue weighted by molar-refractivity contribution is 6.91. The van der Waals surface area contributed by atoms with Gasteiger partial charge in [0, 0.05) is 18.7 Å². The number of carbonyl (C=O) groups excluding carboxylic acids is 1. The molecule has 0 radical (unpaired) electrons. The van der Waals surface area contributed by atoms with Crippen LogP contribution in [0.15, 0.2) is 42.5 Å². The van der Waals surface area contributed by atoms with Crippen molar-refractivity contribution in [3.63, 3.8) is 0 Å². The van der Waals surface area contributed by atoms with Gasteiger partial charge in [0.2, 0.25) is 0 Å². The van der Waals surface area contributed by atoms with Gasteiger partial charge in [0.25, 0.3) is 5.91 Å². The summed E-state index contributed by atoms with van der Waals surface area (Å²) in [6.45, 7) is 15.6. The fourth-order valence-corrected chi connectivity index (χ4v) is 7.02. The average molecular weight is 368 g/mol. The third kappa shape index (κ3) is 3.51. The zero-order valence-electron chi connectivity index (χ0n) is 16.3. The summed E-state index contributed by atoms with van der Waals surface area (Å²) in [4.78, 5) is 15.3.